The zero-order valence-electron chi connectivity index (χ0n) is 15.0. The number of amides is 1. The van der Waals surface area contributed by atoms with E-state index in [2.05, 4.69) is 0 Å². The third-order valence-corrected chi connectivity index (χ3v) is 4.64. The molecule has 0 saturated carbocycles. The van der Waals surface area contributed by atoms with E-state index in [-0.39, 0.29) is 29.6 Å². The van der Waals surface area contributed by atoms with E-state index < -0.39 is 11.2 Å². The fourth-order valence-electron chi connectivity index (χ4n) is 3.49. The third-order valence-electron chi connectivity index (χ3n) is 4.64. The van der Waals surface area contributed by atoms with Gasteiger partial charge in [0.1, 0.15) is 28.3 Å². The maximum absolute atomic E-state index is 12.5. The number of carbonyl (C=O) groups excluding carboxylic acids is 2. The molecule has 1 atom stereocenters. The lowest BCUT2D eigenvalue weighted by molar-refractivity contribution is 0.0187. The van der Waals surface area contributed by atoms with Crippen LogP contribution in [0, 0.1) is 0 Å². The molecule has 0 aliphatic carbocycles. The molecule has 2 aliphatic heterocycles. The summed E-state index contributed by atoms with van der Waals surface area (Å²) in [6.07, 6.45) is 1.88. The molecule has 1 N–H and O–H groups in total. The maximum Gasteiger partial charge on any atom is 0.410 e. The van der Waals surface area contributed by atoms with Crippen LogP contribution in [0.4, 0.5) is 4.79 Å². The Balaban J connectivity index is 1.75. The lowest BCUT2D eigenvalue weighted by Gasteiger charge is -2.37. The van der Waals surface area contributed by atoms with Gasteiger partial charge in [-0.2, -0.15) is 0 Å². The van der Waals surface area contributed by atoms with Crippen molar-refractivity contribution >= 4 is 11.9 Å². The van der Waals surface area contributed by atoms with E-state index in [1.165, 1.54) is 6.07 Å². The van der Waals surface area contributed by atoms with Gasteiger partial charge in [-0.25, -0.2) is 4.79 Å². The Morgan fingerprint density at radius 1 is 1.28 bits per heavy atom. The Hall–Kier alpha value is -2.24. The number of ketones is 1. The molecule has 1 aromatic carbocycles. The maximum atomic E-state index is 12.5. The second-order valence-electron chi connectivity index (χ2n) is 7.86. The van der Waals surface area contributed by atoms with Crippen LogP contribution in [-0.2, 0) is 4.74 Å². The molecule has 136 valence electrons. The molecule has 1 aromatic rings. The molecule has 3 rings (SSSR count). The van der Waals surface area contributed by atoms with Crippen molar-refractivity contribution in [2.75, 3.05) is 13.1 Å². The SMILES string of the molecule is CC(C)(C)OC(=O)N1CCCC2(CC1)CC(=O)c1c(O)cccc1O2. The summed E-state index contributed by atoms with van der Waals surface area (Å²) in [7, 11) is 0. The van der Waals surface area contributed by atoms with Crippen LogP contribution in [0.1, 0.15) is 56.8 Å². The Bertz CT molecular complexity index is 694. The highest BCUT2D eigenvalue weighted by atomic mass is 16.6. The second-order valence-corrected chi connectivity index (χ2v) is 7.86. The van der Waals surface area contributed by atoms with Crippen molar-refractivity contribution in [3.8, 4) is 11.5 Å². The summed E-state index contributed by atoms with van der Waals surface area (Å²) in [4.78, 5) is 26.5. The number of rotatable bonds is 0. The average molecular weight is 347 g/mol. The van der Waals surface area contributed by atoms with Crippen LogP contribution in [-0.4, -0.2) is 46.2 Å². The van der Waals surface area contributed by atoms with Crippen LogP contribution >= 0.6 is 0 Å². The van der Waals surface area contributed by atoms with Gasteiger partial charge in [0.25, 0.3) is 0 Å². The first-order valence-electron chi connectivity index (χ1n) is 8.71. The Morgan fingerprint density at radius 2 is 2.04 bits per heavy atom. The van der Waals surface area contributed by atoms with Crippen molar-refractivity contribution in [2.24, 2.45) is 0 Å². The topological polar surface area (TPSA) is 76.1 Å². The van der Waals surface area contributed by atoms with E-state index in [0.29, 0.717) is 31.7 Å². The van der Waals surface area contributed by atoms with E-state index in [4.69, 9.17) is 9.47 Å². The normalized spacial score (nSPS) is 23.6. The smallest absolute Gasteiger partial charge is 0.410 e. The average Bonchev–Trinajstić information content (AvgIpc) is 2.68. The molecule has 2 heterocycles. The van der Waals surface area contributed by atoms with Gasteiger partial charge in [-0.15, -0.1) is 0 Å². The molecule has 6 nitrogen and oxygen atoms in total. The van der Waals surface area contributed by atoms with E-state index >= 15 is 0 Å². The molecule has 2 aliphatic rings. The summed E-state index contributed by atoms with van der Waals surface area (Å²) < 4.78 is 11.6. The summed E-state index contributed by atoms with van der Waals surface area (Å²) in [5.41, 5.74) is -0.884. The zero-order chi connectivity index (χ0) is 18.2. The van der Waals surface area contributed by atoms with Crippen LogP contribution < -0.4 is 4.74 Å². The van der Waals surface area contributed by atoms with Crippen LogP contribution in [0.25, 0.3) is 0 Å². The van der Waals surface area contributed by atoms with Gasteiger partial charge in [0.15, 0.2) is 5.78 Å². The molecule has 1 saturated heterocycles. The number of likely N-dealkylation sites (tertiary alicyclic amines) is 1. The number of hydrogen-bond donors (Lipinski definition) is 1. The molecule has 25 heavy (non-hydrogen) atoms. The van der Waals surface area contributed by atoms with Crippen LogP contribution in [0.5, 0.6) is 11.5 Å². The van der Waals surface area contributed by atoms with Gasteiger partial charge in [0, 0.05) is 19.5 Å². The first-order chi connectivity index (χ1) is 11.7. The van der Waals surface area contributed by atoms with Crippen LogP contribution in [0.3, 0.4) is 0 Å². The number of phenols is 1. The van der Waals surface area contributed by atoms with E-state index in [0.717, 1.165) is 6.42 Å². The number of aromatic hydroxyl groups is 1. The second kappa shape index (κ2) is 6.24. The highest BCUT2D eigenvalue weighted by Crippen LogP contribution is 2.42. The number of benzene rings is 1. The quantitative estimate of drug-likeness (QED) is 0.777. The largest absolute Gasteiger partial charge is 0.507 e. The predicted octanol–water partition coefficient (Wildman–Crippen LogP) is 3.52. The van der Waals surface area contributed by atoms with Gasteiger partial charge < -0.3 is 19.5 Å². The highest BCUT2D eigenvalue weighted by Gasteiger charge is 2.43. The van der Waals surface area contributed by atoms with Crippen molar-refractivity contribution in [2.45, 2.75) is 57.7 Å². The fraction of sp³-hybridized carbons (Fsp3) is 0.579. The minimum atomic E-state index is -0.616. The predicted molar refractivity (Wildman–Crippen MR) is 92.1 cm³/mol. The van der Waals surface area contributed by atoms with Crippen LogP contribution in [0.15, 0.2) is 18.2 Å². The monoisotopic (exact) mass is 347 g/mol. The minimum Gasteiger partial charge on any atom is -0.507 e. The number of ether oxygens (including phenoxy) is 2. The van der Waals surface area contributed by atoms with E-state index in [1.807, 2.05) is 20.8 Å². The number of phenolic OH excluding ortho intramolecular Hbond substituents is 1. The van der Waals surface area contributed by atoms with Crippen molar-refractivity contribution in [3.63, 3.8) is 0 Å². The molecular formula is C19H25NO5. The first kappa shape index (κ1) is 17.6. The lowest BCUT2D eigenvalue weighted by Crippen LogP contribution is -2.43. The van der Waals surface area contributed by atoms with Gasteiger partial charge in [-0.3, -0.25) is 4.79 Å². The van der Waals surface area contributed by atoms with Crippen molar-refractivity contribution < 1.29 is 24.2 Å². The molecule has 1 fully saturated rings. The number of nitrogens with zero attached hydrogens (tertiary/aromatic N) is 1. The van der Waals surface area contributed by atoms with Crippen molar-refractivity contribution in [1.29, 1.82) is 0 Å². The molecule has 0 bridgehead atoms. The highest BCUT2D eigenvalue weighted by molar-refractivity contribution is 6.02. The van der Waals surface area contributed by atoms with Gasteiger partial charge in [-0.1, -0.05) is 6.07 Å². The van der Waals surface area contributed by atoms with Crippen molar-refractivity contribution in [1.82, 2.24) is 4.90 Å². The summed E-state index contributed by atoms with van der Waals surface area (Å²) in [6, 6.07) is 4.88. The summed E-state index contributed by atoms with van der Waals surface area (Å²) in [5, 5.41) is 9.92. The number of hydrogen-bond acceptors (Lipinski definition) is 5. The third kappa shape index (κ3) is 3.72. The standard InChI is InChI=1S/C19H25NO5/c1-18(2,3)25-17(23)20-10-5-8-19(9-11-20)12-14(22)16-13(21)6-4-7-15(16)24-19/h4,6-7,21H,5,8-12H2,1-3H3. The van der Waals surface area contributed by atoms with Gasteiger partial charge >= 0.3 is 6.09 Å². The molecule has 1 unspecified atom stereocenters. The van der Waals surface area contributed by atoms with Crippen molar-refractivity contribution in [3.05, 3.63) is 23.8 Å². The molecule has 6 heteroatoms. The summed E-state index contributed by atoms with van der Waals surface area (Å²) in [6.45, 7) is 6.60. The van der Waals surface area contributed by atoms with Gasteiger partial charge in [-0.05, 0) is 45.7 Å². The number of fused-ring (bicyclic) bond motifs is 1. The fourth-order valence-corrected chi connectivity index (χ4v) is 3.49. The molecule has 0 aromatic heterocycles. The van der Waals surface area contributed by atoms with E-state index in [1.54, 1.807) is 17.0 Å². The molecular weight excluding hydrogens is 322 g/mol. The molecule has 1 spiro atoms. The first-order valence-corrected chi connectivity index (χ1v) is 8.71. The van der Waals surface area contributed by atoms with Gasteiger partial charge in [0.2, 0.25) is 0 Å². The number of carbonyl (C=O) groups is 2. The molecule has 0 radical (unpaired) electrons. The van der Waals surface area contributed by atoms with E-state index in [9.17, 15) is 14.7 Å². The zero-order valence-corrected chi connectivity index (χ0v) is 15.0. The lowest BCUT2D eigenvalue weighted by atomic mass is 9.84. The van der Waals surface area contributed by atoms with Crippen LogP contribution in [0.2, 0.25) is 0 Å². The number of Topliss-reactive ketones (excluding diaryl/α,β-unsaturated/α-hetero) is 1. The summed E-state index contributed by atoms with van der Waals surface area (Å²) in [5.74, 6) is 0.286. The summed E-state index contributed by atoms with van der Waals surface area (Å²) >= 11 is 0. The Kier molecular flexibility index (Phi) is 4.39. The van der Waals surface area contributed by atoms with Gasteiger partial charge in [0.05, 0.1) is 6.42 Å². The Labute approximate surface area is 147 Å². The minimum absolute atomic E-state index is 0.0404. The Morgan fingerprint density at radius 3 is 2.76 bits per heavy atom. The molecule has 1 amide bonds.